The Balaban J connectivity index is 1.88. The van der Waals surface area contributed by atoms with Crippen LogP contribution in [0.1, 0.15) is 5.69 Å². The number of hydrogen-bond acceptors (Lipinski definition) is 3. The highest BCUT2D eigenvalue weighted by Crippen LogP contribution is 2.24. The van der Waals surface area contributed by atoms with Crippen LogP contribution in [0.2, 0.25) is 0 Å². The maximum absolute atomic E-state index is 4.53. The minimum absolute atomic E-state index is 0.611. The Morgan fingerprint density at radius 1 is 0.952 bits per heavy atom. The van der Waals surface area contributed by atoms with Gasteiger partial charge in [-0.2, -0.15) is 0 Å². The maximum Gasteiger partial charge on any atom is 0.227 e. The molecule has 21 heavy (non-hydrogen) atoms. The molecular formula is C17H14BrN3. The topological polar surface area (TPSA) is 37.8 Å². The number of anilines is 2. The molecule has 0 spiro atoms. The minimum Gasteiger partial charge on any atom is -0.324 e. The highest BCUT2D eigenvalue weighted by atomic mass is 79.9. The van der Waals surface area contributed by atoms with Gasteiger partial charge >= 0.3 is 0 Å². The van der Waals surface area contributed by atoms with Crippen molar-refractivity contribution < 1.29 is 0 Å². The van der Waals surface area contributed by atoms with Crippen LogP contribution in [0.3, 0.4) is 0 Å². The third kappa shape index (κ3) is 3.28. The van der Waals surface area contributed by atoms with Crippen LogP contribution in [0.5, 0.6) is 0 Å². The van der Waals surface area contributed by atoms with Gasteiger partial charge in [0.15, 0.2) is 0 Å². The number of aromatic nitrogens is 2. The normalized spacial score (nSPS) is 10.4. The minimum atomic E-state index is 0.611. The molecular weight excluding hydrogens is 326 g/mol. The van der Waals surface area contributed by atoms with Gasteiger partial charge in [0.05, 0.1) is 5.69 Å². The van der Waals surface area contributed by atoms with Crippen LogP contribution in [-0.4, -0.2) is 9.97 Å². The monoisotopic (exact) mass is 339 g/mol. The summed E-state index contributed by atoms with van der Waals surface area (Å²) in [6, 6.07) is 18.1. The van der Waals surface area contributed by atoms with Gasteiger partial charge < -0.3 is 5.32 Å². The van der Waals surface area contributed by atoms with Crippen LogP contribution in [0.25, 0.3) is 11.1 Å². The molecule has 2 aromatic carbocycles. The molecule has 0 bridgehead atoms. The Morgan fingerprint density at radius 2 is 1.67 bits per heavy atom. The first-order chi connectivity index (χ1) is 10.2. The van der Waals surface area contributed by atoms with Gasteiger partial charge in [0.1, 0.15) is 0 Å². The zero-order valence-electron chi connectivity index (χ0n) is 11.5. The number of hydrogen-bond donors (Lipinski definition) is 1. The van der Waals surface area contributed by atoms with Crippen molar-refractivity contribution in [3.63, 3.8) is 0 Å². The summed E-state index contributed by atoms with van der Waals surface area (Å²) in [5, 5.41) is 3.20. The Kier molecular flexibility index (Phi) is 3.97. The van der Waals surface area contributed by atoms with E-state index in [0.717, 1.165) is 27.0 Å². The van der Waals surface area contributed by atoms with Crippen molar-refractivity contribution in [1.29, 1.82) is 0 Å². The maximum atomic E-state index is 4.53. The summed E-state index contributed by atoms with van der Waals surface area (Å²) in [5.41, 5.74) is 4.09. The molecule has 0 fully saturated rings. The lowest BCUT2D eigenvalue weighted by molar-refractivity contribution is 1.11. The zero-order valence-corrected chi connectivity index (χ0v) is 13.1. The average molecular weight is 340 g/mol. The van der Waals surface area contributed by atoms with Crippen molar-refractivity contribution >= 4 is 27.6 Å². The summed E-state index contributed by atoms with van der Waals surface area (Å²) in [7, 11) is 0. The standard InChI is InChI=1S/C17H14BrN3/c1-12-16(13-7-9-14(18)10-8-13)11-19-17(20-12)21-15-5-3-2-4-6-15/h2-11H,1H3,(H,19,20,21). The Morgan fingerprint density at radius 3 is 2.33 bits per heavy atom. The predicted molar refractivity (Wildman–Crippen MR) is 89.6 cm³/mol. The number of aryl methyl sites for hydroxylation is 1. The van der Waals surface area contributed by atoms with E-state index in [2.05, 4.69) is 43.3 Å². The Labute approximate surface area is 132 Å². The molecule has 0 saturated carbocycles. The third-order valence-corrected chi connectivity index (χ3v) is 3.69. The summed E-state index contributed by atoms with van der Waals surface area (Å²) >= 11 is 3.44. The first kappa shape index (κ1) is 13.8. The molecule has 1 heterocycles. The number of rotatable bonds is 3. The fourth-order valence-corrected chi connectivity index (χ4v) is 2.36. The van der Waals surface area contributed by atoms with Crippen molar-refractivity contribution in [2.75, 3.05) is 5.32 Å². The number of benzene rings is 2. The van der Waals surface area contributed by atoms with Gasteiger partial charge in [0.2, 0.25) is 5.95 Å². The van der Waals surface area contributed by atoms with E-state index in [1.165, 1.54) is 0 Å². The lowest BCUT2D eigenvalue weighted by atomic mass is 10.1. The van der Waals surface area contributed by atoms with Gasteiger partial charge in [-0.3, -0.25) is 0 Å². The van der Waals surface area contributed by atoms with E-state index in [0.29, 0.717) is 5.95 Å². The average Bonchev–Trinajstić information content (AvgIpc) is 2.50. The molecule has 0 amide bonds. The molecule has 1 N–H and O–H groups in total. The highest BCUT2D eigenvalue weighted by Gasteiger charge is 2.06. The molecule has 104 valence electrons. The molecule has 0 aliphatic carbocycles. The molecule has 0 aliphatic rings. The van der Waals surface area contributed by atoms with Crippen LogP contribution in [0, 0.1) is 6.92 Å². The zero-order chi connectivity index (χ0) is 14.7. The van der Waals surface area contributed by atoms with E-state index in [-0.39, 0.29) is 0 Å². The lowest BCUT2D eigenvalue weighted by Crippen LogP contribution is -1.99. The van der Waals surface area contributed by atoms with E-state index >= 15 is 0 Å². The fourth-order valence-electron chi connectivity index (χ4n) is 2.09. The number of nitrogens with one attached hydrogen (secondary N) is 1. The van der Waals surface area contributed by atoms with Crippen LogP contribution in [0.15, 0.2) is 65.3 Å². The van der Waals surface area contributed by atoms with Crippen LogP contribution >= 0.6 is 15.9 Å². The van der Waals surface area contributed by atoms with Crippen LogP contribution in [-0.2, 0) is 0 Å². The summed E-state index contributed by atoms with van der Waals surface area (Å²) < 4.78 is 1.06. The van der Waals surface area contributed by atoms with E-state index in [1.807, 2.05) is 55.6 Å². The Hall–Kier alpha value is -2.20. The quantitative estimate of drug-likeness (QED) is 0.732. The van der Waals surface area contributed by atoms with Gasteiger partial charge in [0.25, 0.3) is 0 Å². The number of para-hydroxylation sites is 1. The summed E-state index contributed by atoms with van der Waals surface area (Å²) in [5.74, 6) is 0.611. The van der Waals surface area contributed by atoms with Gasteiger partial charge in [-0.25, -0.2) is 9.97 Å². The van der Waals surface area contributed by atoms with Gasteiger partial charge in [0, 0.05) is 21.9 Å². The predicted octanol–water partition coefficient (Wildman–Crippen LogP) is 4.96. The molecule has 0 radical (unpaired) electrons. The SMILES string of the molecule is Cc1nc(Nc2ccccc2)ncc1-c1ccc(Br)cc1. The molecule has 0 unspecified atom stereocenters. The van der Waals surface area contributed by atoms with Gasteiger partial charge in [-0.05, 0) is 36.8 Å². The van der Waals surface area contributed by atoms with E-state index in [9.17, 15) is 0 Å². The van der Waals surface area contributed by atoms with Crippen molar-refractivity contribution in [1.82, 2.24) is 9.97 Å². The molecule has 3 rings (SSSR count). The molecule has 4 heteroatoms. The van der Waals surface area contributed by atoms with Crippen LogP contribution in [0.4, 0.5) is 11.6 Å². The second-order valence-electron chi connectivity index (χ2n) is 4.69. The summed E-state index contributed by atoms with van der Waals surface area (Å²) in [6.45, 7) is 2.00. The fraction of sp³-hybridized carbons (Fsp3) is 0.0588. The smallest absolute Gasteiger partial charge is 0.227 e. The first-order valence-electron chi connectivity index (χ1n) is 6.64. The molecule has 0 aliphatic heterocycles. The van der Waals surface area contributed by atoms with Crippen LogP contribution < -0.4 is 5.32 Å². The summed E-state index contributed by atoms with van der Waals surface area (Å²) in [4.78, 5) is 8.93. The molecule has 0 atom stereocenters. The first-order valence-corrected chi connectivity index (χ1v) is 7.43. The number of halogens is 1. The Bertz CT molecular complexity index is 740. The molecule has 0 saturated heterocycles. The van der Waals surface area contributed by atoms with Gasteiger partial charge in [-0.15, -0.1) is 0 Å². The third-order valence-electron chi connectivity index (χ3n) is 3.16. The van der Waals surface area contributed by atoms with Crippen molar-refractivity contribution in [2.45, 2.75) is 6.92 Å². The highest BCUT2D eigenvalue weighted by molar-refractivity contribution is 9.10. The number of nitrogens with zero attached hydrogens (tertiary/aromatic N) is 2. The van der Waals surface area contributed by atoms with Crippen molar-refractivity contribution in [3.05, 3.63) is 71.0 Å². The lowest BCUT2D eigenvalue weighted by Gasteiger charge is -2.09. The molecule has 1 aromatic heterocycles. The summed E-state index contributed by atoms with van der Waals surface area (Å²) in [6.07, 6.45) is 1.86. The van der Waals surface area contributed by atoms with Crippen molar-refractivity contribution in [2.24, 2.45) is 0 Å². The van der Waals surface area contributed by atoms with Gasteiger partial charge in [-0.1, -0.05) is 46.3 Å². The van der Waals surface area contributed by atoms with E-state index in [1.54, 1.807) is 0 Å². The molecule has 3 aromatic rings. The van der Waals surface area contributed by atoms with E-state index < -0.39 is 0 Å². The second kappa shape index (κ2) is 6.06. The largest absolute Gasteiger partial charge is 0.324 e. The second-order valence-corrected chi connectivity index (χ2v) is 5.61. The van der Waals surface area contributed by atoms with E-state index in [4.69, 9.17) is 0 Å². The molecule has 3 nitrogen and oxygen atoms in total. The van der Waals surface area contributed by atoms with Crippen molar-refractivity contribution in [3.8, 4) is 11.1 Å².